The minimum atomic E-state index is -0.243. The fourth-order valence-electron chi connectivity index (χ4n) is 2.73. The first kappa shape index (κ1) is 12.9. The standard InChI is InChI=1S/C14H21N3O/c15-13-6-2-1-5-12(13)11-4-3-8-17(9-7-11)10-14(16)18/h1-2,5-6,11H,3-4,7-10,15H2,(H2,16,18)/t11-/m1/s1. The van der Waals surface area contributed by atoms with Gasteiger partial charge in [-0.2, -0.15) is 0 Å². The maximum atomic E-state index is 10.9. The Balaban J connectivity index is 2.01. The van der Waals surface area contributed by atoms with E-state index in [0.29, 0.717) is 12.5 Å². The molecular formula is C14H21N3O. The smallest absolute Gasteiger partial charge is 0.231 e. The second-order valence-corrected chi connectivity index (χ2v) is 5.00. The number of likely N-dealkylation sites (tertiary alicyclic amines) is 1. The molecule has 4 heteroatoms. The van der Waals surface area contributed by atoms with Crippen LogP contribution in [0.2, 0.25) is 0 Å². The first-order valence-corrected chi connectivity index (χ1v) is 6.52. The Morgan fingerprint density at radius 2 is 2.06 bits per heavy atom. The van der Waals surface area contributed by atoms with E-state index < -0.39 is 0 Å². The summed E-state index contributed by atoms with van der Waals surface area (Å²) in [5, 5.41) is 0. The number of nitrogens with two attached hydrogens (primary N) is 2. The van der Waals surface area contributed by atoms with Crippen LogP contribution in [0.5, 0.6) is 0 Å². The Labute approximate surface area is 108 Å². The Bertz CT molecular complexity index is 419. The molecule has 4 N–H and O–H groups in total. The minimum Gasteiger partial charge on any atom is -0.398 e. The van der Waals surface area contributed by atoms with E-state index in [1.54, 1.807) is 0 Å². The zero-order chi connectivity index (χ0) is 13.0. The molecule has 1 aliphatic heterocycles. The second kappa shape index (κ2) is 5.87. The van der Waals surface area contributed by atoms with Crippen molar-refractivity contribution in [3.8, 4) is 0 Å². The Morgan fingerprint density at radius 3 is 2.78 bits per heavy atom. The highest BCUT2D eigenvalue weighted by Crippen LogP contribution is 2.31. The van der Waals surface area contributed by atoms with E-state index in [9.17, 15) is 4.79 Å². The van der Waals surface area contributed by atoms with Gasteiger partial charge in [-0.3, -0.25) is 9.69 Å². The highest BCUT2D eigenvalue weighted by Gasteiger charge is 2.20. The molecule has 0 spiro atoms. The first-order valence-electron chi connectivity index (χ1n) is 6.52. The van der Waals surface area contributed by atoms with Gasteiger partial charge in [-0.1, -0.05) is 18.2 Å². The van der Waals surface area contributed by atoms with Gasteiger partial charge in [-0.25, -0.2) is 0 Å². The van der Waals surface area contributed by atoms with Crippen LogP contribution in [0.15, 0.2) is 24.3 Å². The largest absolute Gasteiger partial charge is 0.398 e. The van der Waals surface area contributed by atoms with Crippen molar-refractivity contribution in [1.29, 1.82) is 0 Å². The number of carbonyl (C=O) groups excluding carboxylic acids is 1. The number of hydrogen-bond acceptors (Lipinski definition) is 3. The monoisotopic (exact) mass is 247 g/mol. The molecule has 0 aromatic heterocycles. The van der Waals surface area contributed by atoms with Crippen LogP contribution in [0.4, 0.5) is 5.69 Å². The van der Waals surface area contributed by atoms with Crippen molar-refractivity contribution in [2.24, 2.45) is 5.73 Å². The van der Waals surface area contributed by atoms with E-state index in [-0.39, 0.29) is 5.91 Å². The average Bonchev–Trinajstić information content (AvgIpc) is 2.55. The quantitative estimate of drug-likeness (QED) is 0.791. The molecule has 0 unspecified atom stereocenters. The van der Waals surface area contributed by atoms with Crippen LogP contribution in [0.1, 0.15) is 30.7 Å². The van der Waals surface area contributed by atoms with Gasteiger partial charge in [-0.05, 0) is 49.9 Å². The van der Waals surface area contributed by atoms with Crippen molar-refractivity contribution in [3.63, 3.8) is 0 Å². The average molecular weight is 247 g/mol. The third kappa shape index (κ3) is 3.23. The SMILES string of the molecule is NC(=O)CN1CCC[C@@H](c2ccccc2N)CC1. The fourth-order valence-corrected chi connectivity index (χ4v) is 2.73. The number of amides is 1. The normalized spacial score (nSPS) is 21.4. The van der Waals surface area contributed by atoms with Crippen LogP contribution in [0, 0.1) is 0 Å². The van der Waals surface area contributed by atoms with Gasteiger partial charge in [0.2, 0.25) is 5.91 Å². The molecule has 1 amide bonds. The van der Waals surface area contributed by atoms with E-state index in [0.717, 1.165) is 38.0 Å². The Hall–Kier alpha value is -1.55. The zero-order valence-corrected chi connectivity index (χ0v) is 10.6. The summed E-state index contributed by atoms with van der Waals surface area (Å²) >= 11 is 0. The van der Waals surface area contributed by atoms with Gasteiger partial charge < -0.3 is 11.5 Å². The summed E-state index contributed by atoms with van der Waals surface area (Å²) in [5.41, 5.74) is 13.4. The minimum absolute atomic E-state index is 0.243. The van der Waals surface area contributed by atoms with Crippen molar-refractivity contribution in [2.75, 3.05) is 25.4 Å². The third-order valence-corrected chi connectivity index (χ3v) is 3.64. The summed E-state index contributed by atoms with van der Waals surface area (Å²) in [6.07, 6.45) is 3.26. The van der Waals surface area contributed by atoms with E-state index in [1.165, 1.54) is 5.56 Å². The van der Waals surface area contributed by atoms with E-state index in [1.807, 2.05) is 18.2 Å². The van der Waals surface area contributed by atoms with Gasteiger partial charge in [0.15, 0.2) is 0 Å². The van der Waals surface area contributed by atoms with Gasteiger partial charge in [0.05, 0.1) is 6.54 Å². The molecule has 1 saturated heterocycles. The number of para-hydroxylation sites is 1. The van der Waals surface area contributed by atoms with Gasteiger partial charge in [0, 0.05) is 5.69 Å². The molecule has 1 aliphatic rings. The molecule has 18 heavy (non-hydrogen) atoms. The highest BCUT2D eigenvalue weighted by atomic mass is 16.1. The maximum absolute atomic E-state index is 10.9. The lowest BCUT2D eigenvalue weighted by atomic mass is 9.91. The molecule has 4 nitrogen and oxygen atoms in total. The summed E-state index contributed by atoms with van der Waals surface area (Å²) < 4.78 is 0. The number of anilines is 1. The molecule has 1 heterocycles. The predicted molar refractivity (Wildman–Crippen MR) is 73.1 cm³/mol. The van der Waals surface area contributed by atoms with Crippen LogP contribution >= 0.6 is 0 Å². The van der Waals surface area contributed by atoms with Crippen LogP contribution in [-0.2, 0) is 4.79 Å². The predicted octanol–water partition coefficient (Wildman–Crippen LogP) is 1.32. The van der Waals surface area contributed by atoms with Crippen LogP contribution in [-0.4, -0.2) is 30.4 Å². The lowest BCUT2D eigenvalue weighted by Gasteiger charge is -2.19. The summed E-state index contributed by atoms with van der Waals surface area (Å²) in [7, 11) is 0. The Kier molecular flexibility index (Phi) is 4.20. The van der Waals surface area contributed by atoms with Crippen molar-refractivity contribution in [3.05, 3.63) is 29.8 Å². The zero-order valence-electron chi connectivity index (χ0n) is 10.6. The van der Waals surface area contributed by atoms with Crippen LogP contribution < -0.4 is 11.5 Å². The molecule has 98 valence electrons. The molecule has 2 rings (SSSR count). The van der Waals surface area contributed by atoms with Gasteiger partial charge in [0.1, 0.15) is 0 Å². The van der Waals surface area contributed by atoms with Crippen molar-refractivity contribution < 1.29 is 4.79 Å². The Morgan fingerprint density at radius 1 is 1.28 bits per heavy atom. The maximum Gasteiger partial charge on any atom is 0.231 e. The van der Waals surface area contributed by atoms with Crippen LogP contribution in [0.25, 0.3) is 0 Å². The molecule has 1 aromatic carbocycles. The van der Waals surface area contributed by atoms with Crippen molar-refractivity contribution in [2.45, 2.75) is 25.2 Å². The first-order chi connectivity index (χ1) is 8.66. The fraction of sp³-hybridized carbons (Fsp3) is 0.500. The van der Waals surface area contributed by atoms with E-state index in [4.69, 9.17) is 11.5 Å². The van der Waals surface area contributed by atoms with E-state index >= 15 is 0 Å². The van der Waals surface area contributed by atoms with Gasteiger partial charge in [0.25, 0.3) is 0 Å². The molecule has 1 aromatic rings. The molecule has 0 radical (unpaired) electrons. The summed E-state index contributed by atoms with van der Waals surface area (Å²) in [4.78, 5) is 13.1. The van der Waals surface area contributed by atoms with Gasteiger partial charge in [-0.15, -0.1) is 0 Å². The lowest BCUT2D eigenvalue weighted by Crippen LogP contribution is -2.34. The molecule has 0 bridgehead atoms. The molecule has 0 saturated carbocycles. The van der Waals surface area contributed by atoms with Crippen molar-refractivity contribution >= 4 is 11.6 Å². The summed E-state index contributed by atoms with van der Waals surface area (Å²) in [6.45, 7) is 2.24. The second-order valence-electron chi connectivity index (χ2n) is 5.00. The highest BCUT2D eigenvalue weighted by molar-refractivity contribution is 5.75. The van der Waals surface area contributed by atoms with Gasteiger partial charge >= 0.3 is 0 Å². The number of nitrogen functional groups attached to an aromatic ring is 1. The molecular weight excluding hydrogens is 226 g/mol. The number of rotatable bonds is 3. The topological polar surface area (TPSA) is 72.4 Å². The summed E-state index contributed by atoms with van der Waals surface area (Å²) in [5.74, 6) is 0.261. The van der Waals surface area contributed by atoms with E-state index in [2.05, 4.69) is 11.0 Å². The number of primary amides is 1. The van der Waals surface area contributed by atoms with Crippen molar-refractivity contribution in [1.82, 2.24) is 4.90 Å². The van der Waals surface area contributed by atoms with Crippen LogP contribution in [0.3, 0.4) is 0 Å². The number of carbonyl (C=O) groups is 1. The summed E-state index contributed by atoms with van der Waals surface area (Å²) in [6, 6.07) is 8.08. The third-order valence-electron chi connectivity index (χ3n) is 3.64. The number of nitrogens with zero attached hydrogens (tertiary/aromatic N) is 1. The lowest BCUT2D eigenvalue weighted by molar-refractivity contribution is -0.119. The molecule has 0 aliphatic carbocycles. The number of hydrogen-bond donors (Lipinski definition) is 2. The number of benzene rings is 1. The molecule has 1 fully saturated rings. The molecule has 1 atom stereocenters.